The van der Waals surface area contributed by atoms with Gasteiger partial charge < -0.3 is 4.98 Å². The molecule has 0 bridgehead atoms. The third-order valence-electron chi connectivity index (χ3n) is 5.06. The molecule has 0 radical (unpaired) electrons. The summed E-state index contributed by atoms with van der Waals surface area (Å²) in [5, 5.41) is 8.29. The number of H-pyrrole nitrogens is 2. The topological polar surface area (TPSA) is 109 Å². The quantitative estimate of drug-likeness (QED) is 0.455. The first kappa shape index (κ1) is 17.3. The van der Waals surface area contributed by atoms with Crippen molar-refractivity contribution < 1.29 is 4.39 Å². The number of pyridine rings is 2. The van der Waals surface area contributed by atoms with Gasteiger partial charge in [-0.15, -0.1) is 0 Å². The summed E-state index contributed by atoms with van der Waals surface area (Å²) in [4.78, 5) is 24.9. The van der Waals surface area contributed by atoms with Crippen molar-refractivity contribution in [2.75, 3.05) is 0 Å². The second-order valence-corrected chi connectivity index (χ2v) is 6.99. The molecule has 0 spiro atoms. The van der Waals surface area contributed by atoms with Gasteiger partial charge in [0.1, 0.15) is 17.8 Å². The standard InChI is InChI=1S/C22H13FN8/c23-14-3-1-2-12(4-14)16-8-24-9-19-20(16)29-22(28-19)21-15-5-17(13-6-25-11-26-7-13)27-10-18(15)30-31-21/h1-11H,(H,28,29)(H,30,31). The van der Waals surface area contributed by atoms with Gasteiger partial charge in [0.25, 0.3) is 0 Å². The van der Waals surface area contributed by atoms with E-state index in [2.05, 4.69) is 35.1 Å². The van der Waals surface area contributed by atoms with Crippen molar-refractivity contribution in [1.29, 1.82) is 0 Å². The first-order chi connectivity index (χ1) is 15.3. The lowest BCUT2D eigenvalue weighted by Crippen LogP contribution is -1.87. The van der Waals surface area contributed by atoms with Crippen molar-refractivity contribution in [3.8, 4) is 33.9 Å². The smallest absolute Gasteiger partial charge is 0.159 e. The number of benzene rings is 1. The van der Waals surface area contributed by atoms with E-state index in [1.807, 2.05) is 12.1 Å². The average Bonchev–Trinajstić information content (AvgIpc) is 3.43. The Kier molecular flexibility index (Phi) is 3.79. The number of nitrogens with zero attached hydrogens (tertiary/aromatic N) is 6. The van der Waals surface area contributed by atoms with Crippen molar-refractivity contribution in [3.63, 3.8) is 0 Å². The SMILES string of the molecule is Fc1cccc(-c2cncc3[nH]c(-c4n[nH]c5cnc(-c6cncnc6)cc45)nc23)c1. The Morgan fingerprint density at radius 3 is 2.61 bits per heavy atom. The highest BCUT2D eigenvalue weighted by Crippen LogP contribution is 2.32. The summed E-state index contributed by atoms with van der Waals surface area (Å²) < 4.78 is 13.8. The van der Waals surface area contributed by atoms with Crippen LogP contribution in [0.2, 0.25) is 0 Å². The maximum atomic E-state index is 13.8. The highest BCUT2D eigenvalue weighted by molar-refractivity contribution is 5.97. The van der Waals surface area contributed by atoms with Gasteiger partial charge in [-0.2, -0.15) is 5.10 Å². The van der Waals surface area contributed by atoms with Crippen LogP contribution in [0.15, 0.2) is 67.6 Å². The lowest BCUT2D eigenvalue weighted by molar-refractivity contribution is 0.628. The molecule has 5 aromatic heterocycles. The van der Waals surface area contributed by atoms with Crippen LogP contribution < -0.4 is 0 Å². The molecule has 0 aliphatic rings. The van der Waals surface area contributed by atoms with E-state index in [-0.39, 0.29) is 5.82 Å². The molecule has 6 aromatic rings. The zero-order chi connectivity index (χ0) is 20.8. The zero-order valence-corrected chi connectivity index (χ0v) is 15.9. The van der Waals surface area contributed by atoms with Crippen molar-refractivity contribution >= 4 is 21.9 Å². The van der Waals surface area contributed by atoms with Gasteiger partial charge in [-0.05, 0) is 23.8 Å². The molecular formula is C22H13FN8. The zero-order valence-electron chi connectivity index (χ0n) is 15.9. The van der Waals surface area contributed by atoms with Gasteiger partial charge in [-0.25, -0.2) is 19.3 Å². The lowest BCUT2D eigenvalue weighted by Gasteiger charge is -2.01. The number of hydrogen-bond acceptors (Lipinski definition) is 6. The van der Waals surface area contributed by atoms with E-state index in [4.69, 9.17) is 4.98 Å². The van der Waals surface area contributed by atoms with Crippen LogP contribution in [-0.2, 0) is 0 Å². The molecule has 9 heteroatoms. The molecule has 2 N–H and O–H groups in total. The molecule has 148 valence electrons. The van der Waals surface area contributed by atoms with Crippen molar-refractivity contribution in [2.45, 2.75) is 0 Å². The fourth-order valence-electron chi connectivity index (χ4n) is 3.60. The monoisotopic (exact) mass is 408 g/mol. The average molecular weight is 408 g/mol. The molecule has 0 aliphatic carbocycles. The summed E-state index contributed by atoms with van der Waals surface area (Å²) in [6.45, 7) is 0. The molecule has 0 amide bonds. The number of aromatic amines is 2. The number of nitrogens with one attached hydrogen (secondary N) is 2. The second-order valence-electron chi connectivity index (χ2n) is 6.99. The summed E-state index contributed by atoms with van der Waals surface area (Å²) in [5.41, 5.74) is 5.84. The molecule has 8 nitrogen and oxygen atoms in total. The Morgan fingerprint density at radius 1 is 0.839 bits per heavy atom. The number of rotatable bonds is 3. The molecule has 6 rings (SSSR count). The maximum absolute atomic E-state index is 13.8. The van der Waals surface area contributed by atoms with Crippen LogP contribution in [-0.4, -0.2) is 40.1 Å². The Bertz CT molecular complexity index is 1550. The minimum Gasteiger partial charge on any atom is -0.335 e. The van der Waals surface area contributed by atoms with E-state index >= 15 is 0 Å². The molecular weight excluding hydrogens is 395 g/mol. The fourth-order valence-corrected chi connectivity index (χ4v) is 3.60. The highest BCUT2D eigenvalue weighted by Gasteiger charge is 2.16. The van der Waals surface area contributed by atoms with Crippen LogP contribution in [0.5, 0.6) is 0 Å². The molecule has 31 heavy (non-hydrogen) atoms. The molecule has 0 saturated heterocycles. The van der Waals surface area contributed by atoms with E-state index < -0.39 is 0 Å². The molecule has 0 unspecified atom stereocenters. The summed E-state index contributed by atoms with van der Waals surface area (Å²) in [6, 6.07) is 8.30. The van der Waals surface area contributed by atoms with Gasteiger partial charge in [0, 0.05) is 35.1 Å². The third kappa shape index (κ3) is 2.91. The van der Waals surface area contributed by atoms with Crippen molar-refractivity contribution in [2.24, 2.45) is 0 Å². The van der Waals surface area contributed by atoms with E-state index in [1.165, 1.54) is 18.5 Å². The van der Waals surface area contributed by atoms with Gasteiger partial charge in [0.05, 0.1) is 34.6 Å². The first-order valence-electron chi connectivity index (χ1n) is 9.46. The molecule has 0 fully saturated rings. The number of halogens is 1. The normalized spacial score (nSPS) is 11.4. The number of imidazole rings is 1. The van der Waals surface area contributed by atoms with Crippen molar-refractivity contribution in [3.05, 3.63) is 73.5 Å². The highest BCUT2D eigenvalue weighted by atomic mass is 19.1. The first-order valence-corrected chi connectivity index (χ1v) is 9.46. The Hall–Kier alpha value is -4.53. The Morgan fingerprint density at radius 2 is 1.74 bits per heavy atom. The molecule has 0 atom stereocenters. The predicted molar refractivity (Wildman–Crippen MR) is 113 cm³/mol. The Labute approximate surface area is 174 Å². The number of aromatic nitrogens is 8. The van der Waals surface area contributed by atoms with E-state index in [0.29, 0.717) is 22.6 Å². The number of hydrogen-bond donors (Lipinski definition) is 2. The summed E-state index contributed by atoms with van der Waals surface area (Å²) >= 11 is 0. The van der Waals surface area contributed by atoms with Crippen LogP contribution >= 0.6 is 0 Å². The van der Waals surface area contributed by atoms with E-state index in [1.54, 1.807) is 37.1 Å². The predicted octanol–water partition coefficient (Wildman–Crippen LogP) is 4.16. The number of fused-ring (bicyclic) bond motifs is 2. The van der Waals surface area contributed by atoms with E-state index in [9.17, 15) is 4.39 Å². The summed E-state index contributed by atoms with van der Waals surface area (Å²) in [7, 11) is 0. The van der Waals surface area contributed by atoms with Gasteiger partial charge in [0.15, 0.2) is 5.82 Å². The minimum absolute atomic E-state index is 0.312. The second kappa shape index (κ2) is 6.77. The molecule has 0 saturated carbocycles. The Balaban J connectivity index is 1.52. The van der Waals surface area contributed by atoms with Crippen LogP contribution in [0.4, 0.5) is 4.39 Å². The lowest BCUT2D eigenvalue weighted by atomic mass is 10.1. The van der Waals surface area contributed by atoms with Gasteiger partial charge in [-0.1, -0.05) is 12.1 Å². The van der Waals surface area contributed by atoms with Gasteiger partial charge in [0.2, 0.25) is 0 Å². The minimum atomic E-state index is -0.312. The summed E-state index contributed by atoms with van der Waals surface area (Å²) in [5.74, 6) is 0.266. The van der Waals surface area contributed by atoms with Crippen molar-refractivity contribution in [1.82, 2.24) is 40.1 Å². The largest absolute Gasteiger partial charge is 0.335 e. The summed E-state index contributed by atoms with van der Waals surface area (Å²) in [6.07, 6.45) is 9.98. The molecule has 1 aromatic carbocycles. The van der Waals surface area contributed by atoms with Gasteiger partial charge >= 0.3 is 0 Å². The molecule has 5 heterocycles. The van der Waals surface area contributed by atoms with Crippen LogP contribution in [0.3, 0.4) is 0 Å². The van der Waals surface area contributed by atoms with Crippen LogP contribution in [0.25, 0.3) is 55.8 Å². The third-order valence-corrected chi connectivity index (χ3v) is 5.06. The fraction of sp³-hybridized carbons (Fsp3) is 0. The van der Waals surface area contributed by atoms with Gasteiger partial charge in [-0.3, -0.25) is 15.1 Å². The van der Waals surface area contributed by atoms with Crippen LogP contribution in [0.1, 0.15) is 0 Å². The van der Waals surface area contributed by atoms with E-state index in [0.717, 1.165) is 33.2 Å². The molecule has 0 aliphatic heterocycles. The van der Waals surface area contributed by atoms with Crippen LogP contribution in [0, 0.1) is 5.82 Å². The maximum Gasteiger partial charge on any atom is 0.159 e.